The van der Waals surface area contributed by atoms with E-state index in [1.807, 2.05) is 6.07 Å². The van der Waals surface area contributed by atoms with Gasteiger partial charge in [-0.25, -0.2) is 8.78 Å². The number of hydrogen-bond donors (Lipinski definition) is 1. The van der Waals surface area contributed by atoms with Gasteiger partial charge in [0.1, 0.15) is 23.4 Å². The summed E-state index contributed by atoms with van der Waals surface area (Å²) in [5.41, 5.74) is -0.106. The summed E-state index contributed by atoms with van der Waals surface area (Å²) in [5, 5.41) is 2.87. The molecule has 3 aromatic rings. The largest absolute Gasteiger partial charge is 0.353 e. The zero-order valence-electron chi connectivity index (χ0n) is 20.5. The number of carbonyl (C=O) groups excluding carboxylic acids is 3. The number of nitrogens with zero attached hydrogens (tertiary/aromatic N) is 3. The van der Waals surface area contributed by atoms with Gasteiger partial charge in [-0.1, -0.05) is 24.3 Å². The number of halogens is 2. The molecule has 0 aliphatic carbocycles. The Labute approximate surface area is 218 Å². The maximum atomic E-state index is 14.2. The molecule has 1 N–H and O–H groups in total. The van der Waals surface area contributed by atoms with Crippen molar-refractivity contribution in [2.24, 2.45) is 0 Å². The molecule has 2 aliphatic rings. The lowest BCUT2D eigenvalue weighted by molar-refractivity contribution is -0.128. The fourth-order valence-corrected chi connectivity index (χ4v) is 4.99. The molecule has 1 aromatic heterocycles. The molecule has 8 nitrogen and oxygen atoms in total. The molecule has 1 spiro atoms. The van der Waals surface area contributed by atoms with Gasteiger partial charge in [0.2, 0.25) is 5.91 Å². The lowest BCUT2D eigenvalue weighted by atomic mass is 9.96. The van der Waals surface area contributed by atoms with Gasteiger partial charge in [0.25, 0.3) is 11.8 Å². The molecule has 0 saturated carbocycles. The van der Waals surface area contributed by atoms with Crippen LogP contribution in [-0.4, -0.2) is 64.0 Å². The second kappa shape index (κ2) is 10.7. The average molecular weight is 521 g/mol. The number of pyridine rings is 1. The highest BCUT2D eigenvalue weighted by molar-refractivity contribution is 5.98. The first-order chi connectivity index (χ1) is 18.4. The van der Waals surface area contributed by atoms with Gasteiger partial charge in [0.15, 0.2) is 0 Å². The van der Waals surface area contributed by atoms with Gasteiger partial charge >= 0.3 is 0 Å². The Balaban J connectivity index is 1.35. The standard InChI is InChI=1S/C28H26F2N4O4/c29-21-8-9-22(23(30)15-21)27(37)33-13-10-28(11-14-33)34(26(36)20-6-2-1-3-7-20)24(18-38-28)25(35)32-17-19-5-4-12-31-16-19/h1-9,12,15-16,24H,10-11,13-14,17-18H2,(H,32,35)/t24-/m1/s1. The van der Waals surface area contributed by atoms with E-state index in [1.54, 1.807) is 48.8 Å². The molecule has 3 heterocycles. The minimum absolute atomic E-state index is 0.00200. The first-order valence-corrected chi connectivity index (χ1v) is 12.3. The first-order valence-electron chi connectivity index (χ1n) is 12.3. The second-order valence-electron chi connectivity index (χ2n) is 9.31. The van der Waals surface area contributed by atoms with E-state index in [0.29, 0.717) is 11.6 Å². The molecule has 0 unspecified atom stereocenters. The Morgan fingerprint density at radius 2 is 1.76 bits per heavy atom. The van der Waals surface area contributed by atoms with E-state index in [4.69, 9.17) is 4.74 Å². The molecule has 2 aliphatic heterocycles. The molecule has 3 amide bonds. The van der Waals surface area contributed by atoms with Crippen LogP contribution in [0.15, 0.2) is 73.1 Å². The summed E-state index contributed by atoms with van der Waals surface area (Å²) in [5.74, 6) is -2.98. The minimum Gasteiger partial charge on any atom is -0.353 e. The summed E-state index contributed by atoms with van der Waals surface area (Å²) in [7, 11) is 0. The van der Waals surface area contributed by atoms with E-state index >= 15 is 0 Å². The van der Waals surface area contributed by atoms with Crippen LogP contribution in [0.5, 0.6) is 0 Å². The molecule has 0 bridgehead atoms. The van der Waals surface area contributed by atoms with E-state index < -0.39 is 29.3 Å². The van der Waals surface area contributed by atoms with Crippen molar-refractivity contribution in [3.8, 4) is 0 Å². The van der Waals surface area contributed by atoms with Gasteiger partial charge in [-0.2, -0.15) is 0 Å². The number of carbonyl (C=O) groups is 3. The van der Waals surface area contributed by atoms with Crippen LogP contribution < -0.4 is 5.32 Å². The highest BCUT2D eigenvalue weighted by Gasteiger charge is 2.54. The molecule has 2 aromatic carbocycles. The van der Waals surface area contributed by atoms with Crippen LogP contribution in [0.25, 0.3) is 0 Å². The molecule has 196 valence electrons. The fourth-order valence-electron chi connectivity index (χ4n) is 4.99. The Morgan fingerprint density at radius 1 is 1.00 bits per heavy atom. The van der Waals surface area contributed by atoms with E-state index in [1.165, 1.54) is 9.80 Å². The Hall–Kier alpha value is -4.18. The zero-order valence-corrected chi connectivity index (χ0v) is 20.5. The van der Waals surface area contributed by atoms with E-state index in [2.05, 4.69) is 10.3 Å². The first kappa shape index (κ1) is 25.5. The van der Waals surface area contributed by atoms with Gasteiger partial charge in [0.05, 0.1) is 12.2 Å². The second-order valence-corrected chi connectivity index (χ2v) is 9.31. The fraction of sp³-hybridized carbons (Fsp3) is 0.286. The van der Waals surface area contributed by atoms with Crippen molar-refractivity contribution < 1.29 is 27.9 Å². The SMILES string of the molecule is O=C(NCc1cccnc1)[C@H]1COC2(CCN(C(=O)c3ccc(F)cc3F)CC2)N1C(=O)c1ccccc1. The number of nitrogens with one attached hydrogen (secondary N) is 1. The summed E-state index contributed by atoms with van der Waals surface area (Å²) in [6.45, 7) is 0.573. The summed E-state index contributed by atoms with van der Waals surface area (Å²) >= 11 is 0. The van der Waals surface area contributed by atoms with Crippen molar-refractivity contribution >= 4 is 17.7 Å². The molecule has 2 saturated heterocycles. The third kappa shape index (κ3) is 4.99. The molecule has 1 atom stereocenters. The van der Waals surface area contributed by atoms with Crippen LogP contribution in [0.3, 0.4) is 0 Å². The van der Waals surface area contributed by atoms with Crippen molar-refractivity contribution in [2.45, 2.75) is 31.2 Å². The number of aromatic nitrogens is 1. The predicted molar refractivity (Wildman–Crippen MR) is 133 cm³/mol. The van der Waals surface area contributed by atoms with Gasteiger partial charge in [-0.3, -0.25) is 24.3 Å². The highest BCUT2D eigenvalue weighted by atomic mass is 19.1. The van der Waals surface area contributed by atoms with Crippen LogP contribution in [0, 0.1) is 11.6 Å². The smallest absolute Gasteiger partial charge is 0.256 e. The lowest BCUT2D eigenvalue weighted by Crippen LogP contribution is -2.59. The quantitative estimate of drug-likeness (QED) is 0.558. The Bertz CT molecular complexity index is 1330. The van der Waals surface area contributed by atoms with Gasteiger partial charge in [-0.15, -0.1) is 0 Å². The van der Waals surface area contributed by atoms with Crippen molar-refractivity contribution in [2.75, 3.05) is 19.7 Å². The predicted octanol–water partition coefficient (Wildman–Crippen LogP) is 3.15. The maximum absolute atomic E-state index is 14.2. The number of benzene rings is 2. The number of ether oxygens (including phenoxy) is 1. The third-order valence-electron chi connectivity index (χ3n) is 6.99. The lowest BCUT2D eigenvalue weighted by Gasteiger charge is -2.44. The number of rotatable bonds is 5. The molecule has 5 rings (SSSR count). The molecule has 38 heavy (non-hydrogen) atoms. The van der Waals surface area contributed by atoms with Gasteiger partial charge in [-0.05, 0) is 35.9 Å². The van der Waals surface area contributed by atoms with Crippen molar-refractivity contribution in [1.29, 1.82) is 0 Å². The Morgan fingerprint density at radius 3 is 2.45 bits per heavy atom. The third-order valence-corrected chi connectivity index (χ3v) is 6.99. The normalized spacial score (nSPS) is 18.4. The van der Waals surface area contributed by atoms with E-state index in [-0.39, 0.29) is 56.5 Å². The number of amides is 3. The Kier molecular flexibility index (Phi) is 7.15. The topological polar surface area (TPSA) is 91.8 Å². The van der Waals surface area contributed by atoms with Crippen molar-refractivity contribution in [3.05, 3.63) is 101 Å². The molecule has 10 heteroatoms. The molecule has 2 fully saturated rings. The number of hydrogen-bond acceptors (Lipinski definition) is 5. The number of piperidine rings is 1. The molecular formula is C28H26F2N4O4. The van der Waals surface area contributed by atoms with Crippen LogP contribution >= 0.6 is 0 Å². The zero-order chi connectivity index (χ0) is 26.7. The van der Waals surface area contributed by atoms with Crippen LogP contribution in [0.2, 0.25) is 0 Å². The molecule has 0 radical (unpaired) electrons. The summed E-state index contributed by atoms with van der Waals surface area (Å²) in [6, 6.07) is 14.2. The summed E-state index contributed by atoms with van der Waals surface area (Å²) in [4.78, 5) is 46.9. The van der Waals surface area contributed by atoms with Crippen LogP contribution in [-0.2, 0) is 16.1 Å². The van der Waals surface area contributed by atoms with E-state index in [0.717, 1.165) is 17.7 Å². The van der Waals surface area contributed by atoms with Gasteiger partial charge in [0, 0.05) is 56.5 Å². The number of likely N-dealkylation sites (tertiary alicyclic amines) is 1. The van der Waals surface area contributed by atoms with E-state index in [9.17, 15) is 23.2 Å². The van der Waals surface area contributed by atoms with Crippen LogP contribution in [0.1, 0.15) is 39.1 Å². The van der Waals surface area contributed by atoms with Crippen molar-refractivity contribution in [1.82, 2.24) is 20.1 Å². The summed E-state index contributed by atoms with van der Waals surface area (Å²) in [6.07, 6.45) is 3.75. The molecular weight excluding hydrogens is 494 g/mol. The van der Waals surface area contributed by atoms with Crippen LogP contribution in [0.4, 0.5) is 8.78 Å². The average Bonchev–Trinajstić information content (AvgIpc) is 3.31. The van der Waals surface area contributed by atoms with Crippen molar-refractivity contribution in [3.63, 3.8) is 0 Å². The summed E-state index contributed by atoms with van der Waals surface area (Å²) < 4.78 is 33.7. The minimum atomic E-state index is -1.11. The highest BCUT2D eigenvalue weighted by Crippen LogP contribution is 2.39. The maximum Gasteiger partial charge on any atom is 0.256 e. The monoisotopic (exact) mass is 520 g/mol. The van der Waals surface area contributed by atoms with Gasteiger partial charge < -0.3 is 15.0 Å².